The molecule has 0 heterocycles. The van der Waals surface area contributed by atoms with E-state index in [2.05, 4.69) is 15.9 Å². The fourth-order valence-corrected chi connectivity index (χ4v) is 7.15. The van der Waals surface area contributed by atoms with Crippen LogP contribution in [-0.4, -0.2) is 37.6 Å². The quantitative estimate of drug-likeness (QED) is 0.690. The number of fused-ring (bicyclic) bond motifs is 3. The van der Waals surface area contributed by atoms with Crippen molar-refractivity contribution in [3.05, 3.63) is 28.7 Å². The third-order valence-corrected chi connectivity index (χ3v) is 9.51. The number of halogens is 1. The van der Waals surface area contributed by atoms with E-state index in [0.29, 0.717) is 10.8 Å². The average Bonchev–Trinajstić information content (AvgIpc) is 3.47. The third kappa shape index (κ3) is 3.24. The molecule has 4 nitrogen and oxygen atoms in total. The van der Waals surface area contributed by atoms with Crippen molar-refractivity contribution in [2.24, 2.45) is 11.3 Å². The molecule has 4 aliphatic rings. The zero-order valence-electron chi connectivity index (χ0n) is 15.2. The highest BCUT2D eigenvalue weighted by Crippen LogP contribution is 2.55. The Morgan fingerprint density at radius 3 is 2.12 bits per heavy atom. The maximum atomic E-state index is 12.9. The second-order valence-electron chi connectivity index (χ2n) is 8.61. The first-order valence-electron chi connectivity index (χ1n) is 9.52. The van der Waals surface area contributed by atoms with Crippen molar-refractivity contribution in [2.45, 2.75) is 61.8 Å². The second kappa shape index (κ2) is 6.33. The van der Waals surface area contributed by atoms with Gasteiger partial charge in [0, 0.05) is 23.0 Å². The predicted octanol–water partition coefficient (Wildman–Crippen LogP) is 4.18. The Balaban J connectivity index is 1.47. The standard InChI is InChI=1S/C20H26BrNO3S/c1-22(18(23)15-2-3-15)20-11-8-19(9-12-20,10-13-20)14-26(24,25)17-6-4-16(21)5-7-17/h4-7,15H,2-3,8-14H2,1H3. The van der Waals surface area contributed by atoms with Crippen LogP contribution in [0.3, 0.4) is 0 Å². The highest BCUT2D eigenvalue weighted by molar-refractivity contribution is 9.10. The summed E-state index contributed by atoms with van der Waals surface area (Å²) < 4.78 is 26.8. The van der Waals surface area contributed by atoms with Crippen LogP contribution in [0.2, 0.25) is 0 Å². The summed E-state index contributed by atoms with van der Waals surface area (Å²) in [5.74, 6) is 0.792. The van der Waals surface area contributed by atoms with Crippen LogP contribution >= 0.6 is 15.9 Å². The van der Waals surface area contributed by atoms with Crippen LogP contribution in [0.1, 0.15) is 51.4 Å². The van der Waals surface area contributed by atoms with Gasteiger partial charge in [0.15, 0.2) is 9.84 Å². The van der Waals surface area contributed by atoms with Crippen LogP contribution in [0.25, 0.3) is 0 Å². The fourth-order valence-electron chi connectivity index (χ4n) is 4.93. The number of hydrogen-bond donors (Lipinski definition) is 0. The molecule has 142 valence electrons. The molecule has 1 aromatic rings. The number of carbonyl (C=O) groups excluding carboxylic acids is 1. The minimum Gasteiger partial charge on any atom is -0.340 e. The summed E-state index contributed by atoms with van der Waals surface area (Å²) in [6.07, 6.45) is 7.62. The summed E-state index contributed by atoms with van der Waals surface area (Å²) in [7, 11) is -1.31. The highest BCUT2D eigenvalue weighted by atomic mass is 79.9. The molecule has 6 heteroatoms. The summed E-state index contributed by atoms with van der Waals surface area (Å²) in [5.41, 5.74) is -0.139. The van der Waals surface area contributed by atoms with E-state index in [9.17, 15) is 13.2 Å². The van der Waals surface area contributed by atoms with Gasteiger partial charge in [0.25, 0.3) is 0 Å². The zero-order valence-corrected chi connectivity index (χ0v) is 17.6. The van der Waals surface area contributed by atoms with Gasteiger partial charge in [-0.25, -0.2) is 8.42 Å². The Morgan fingerprint density at radius 1 is 1.08 bits per heavy atom. The normalized spacial score (nSPS) is 31.0. The molecule has 0 unspecified atom stereocenters. The molecule has 26 heavy (non-hydrogen) atoms. The van der Waals surface area contributed by atoms with Crippen molar-refractivity contribution in [2.75, 3.05) is 12.8 Å². The lowest BCUT2D eigenvalue weighted by Crippen LogP contribution is -2.58. The Morgan fingerprint density at radius 2 is 1.62 bits per heavy atom. The third-order valence-electron chi connectivity index (χ3n) is 7.00. The molecular formula is C20H26BrNO3S. The maximum absolute atomic E-state index is 12.9. The SMILES string of the molecule is CN(C(=O)C1CC1)C12CCC(CS(=O)(=O)c3ccc(Br)cc3)(CC1)CC2. The Labute approximate surface area is 164 Å². The number of carbonyl (C=O) groups is 1. The first-order valence-corrected chi connectivity index (χ1v) is 12.0. The number of nitrogens with zero attached hydrogens (tertiary/aromatic N) is 1. The number of amides is 1. The number of rotatable bonds is 5. The molecule has 2 bridgehead atoms. The molecule has 0 aromatic heterocycles. The van der Waals surface area contributed by atoms with Gasteiger partial charge in [0.1, 0.15) is 0 Å². The van der Waals surface area contributed by atoms with Gasteiger partial charge in [-0.2, -0.15) is 0 Å². The van der Waals surface area contributed by atoms with Gasteiger partial charge >= 0.3 is 0 Å². The molecule has 4 aliphatic carbocycles. The van der Waals surface area contributed by atoms with Crippen LogP contribution in [0.4, 0.5) is 0 Å². The largest absolute Gasteiger partial charge is 0.340 e. The van der Waals surface area contributed by atoms with Gasteiger partial charge in [-0.3, -0.25) is 4.79 Å². The minimum absolute atomic E-state index is 0.0250. The first-order chi connectivity index (χ1) is 12.3. The van der Waals surface area contributed by atoms with E-state index >= 15 is 0 Å². The monoisotopic (exact) mass is 439 g/mol. The van der Waals surface area contributed by atoms with E-state index in [1.54, 1.807) is 24.3 Å². The van der Waals surface area contributed by atoms with E-state index in [0.717, 1.165) is 55.8 Å². The lowest BCUT2D eigenvalue weighted by atomic mass is 9.57. The van der Waals surface area contributed by atoms with Crippen LogP contribution < -0.4 is 0 Å². The Kier molecular flexibility index (Phi) is 4.50. The van der Waals surface area contributed by atoms with Crippen molar-refractivity contribution in [1.82, 2.24) is 4.90 Å². The lowest BCUT2D eigenvalue weighted by Gasteiger charge is -2.56. The van der Waals surface area contributed by atoms with Gasteiger partial charge in [-0.05, 0) is 81.0 Å². The molecule has 0 radical (unpaired) electrons. The number of sulfone groups is 1. The van der Waals surface area contributed by atoms with Crippen molar-refractivity contribution in [1.29, 1.82) is 0 Å². The number of hydrogen-bond acceptors (Lipinski definition) is 3. The molecule has 0 aliphatic heterocycles. The smallest absolute Gasteiger partial charge is 0.225 e. The predicted molar refractivity (Wildman–Crippen MR) is 105 cm³/mol. The fraction of sp³-hybridized carbons (Fsp3) is 0.650. The molecule has 0 saturated heterocycles. The van der Waals surface area contributed by atoms with Gasteiger partial charge in [0.05, 0.1) is 10.6 Å². The van der Waals surface area contributed by atoms with Crippen LogP contribution in [0.15, 0.2) is 33.6 Å². The molecule has 0 spiro atoms. The van der Waals surface area contributed by atoms with Gasteiger partial charge in [-0.1, -0.05) is 15.9 Å². The van der Waals surface area contributed by atoms with E-state index in [1.165, 1.54) is 0 Å². The topological polar surface area (TPSA) is 54.5 Å². The van der Waals surface area contributed by atoms with E-state index in [4.69, 9.17) is 0 Å². The molecule has 5 rings (SSSR count). The van der Waals surface area contributed by atoms with Crippen molar-refractivity contribution < 1.29 is 13.2 Å². The summed E-state index contributed by atoms with van der Waals surface area (Å²) in [4.78, 5) is 15.0. The maximum Gasteiger partial charge on any atom is 0.225 e. The first kappa shape index (κ1) is 18.5. The highest BCUT2D eigenvalue weighted by Gasteiger charge is 2.53. The van der Waals surface area contributed by atoms with Crippen LogP contribution in [-0.2, 0) is 14.6 Å². The molecule has 0 atom stereocenters. The Hall–Kier alpha value is -0.880. The van der Waals surface area contributed by atoms with Gasteiger partial charge in [0.2, 0.25) is 5.91 Å². The number of benzene rings is 1. The second-order valence-corrected chi connectivity index (χ2v) is 11.5. The average molecular weight is 440 g/mol. The summed E-state index contributed by atoms with van der Waals surface area (Å²) in [5, 5.41) is 0. The molecule has 1 amide bonds. The van der Waals surface area contributed by atoms with Crippen molar-refractivity contribution in [3.63, 3.8) is 0 Å². The molecule has 4 saturated carbocycles. The molecule has 4 fully saturated rings. The molecule has 1 aromatic carbocycles. The van der Waals surface area contributed by atoms with Crippen molar-refractivity contribution in [3.8, 4) is 0 Å². The van der Waals surface area contributed by atoms with E-state index in [-0.39, 0.29) is 22.6 Å². The Bertz CT molecular complexity index is 789. The molecular weight excluding hydrogens is 414 g/mol. The summed E-state index contributed by atoms with van der Waals surface area (Å²) in [6.45, 7) is 0. The van der Waals surface area contributed by atoms with E-state index < -0.39 is 9.84 Å². The zero-order chi connectivity index (χ0) is 18.6. The van der Waals surface area contributed by atoms with Crippen LogP contribution in [0.5, 0.6) is 0 Å². The van der Waals surface area contributed by atoms with E-state index in [1.807, 2.05) is 11.9 Å². The van der Waals surface area contributed by atoms with Gasteiger partial charge < -0.3 is 4.90 Å². The summed E-state index contributed by atoms with van der Waals surface area (Å²) in [6, 6.07) is 6.95. The van der Waals surface area contributed by atoms with Gasteiger partial charge in [-0.15, -0.1) is 0 Å². The lowest BCUT2D eigenvalue weighted by molar-refractivity contribution is -0.143. The van der Waals surface area contributed by atoms with Crippen LogP contribution in [0, 0.1) is 11.3 Å². The summed E-state index contributed by atoms with van der Waals surface area (Å²) >= 11 is 3.36. The van der Waals surface area contributed by atoms with Crippen molar-refractivity contribution >= 4 is 31.7 Å². The molecule has 0 N–H and O–H groups in total. The minimum atomic E-state index is -3.28.